The van der Waals surface area contributed by atoms with Crippen LogP contribution in [0.4, 0.5) is 13.2 Å². The lowest BCUT2D eigenvalue weighted by atomic mass is 9.93. The summed E-state index contributed by atoms with van der Waals surface area (Å²) in [5.74, 6) is -2.36. The molecule has 1 heterocycles. The molecule has 1 amide bonds. The first-order valence-electron chi connectivity index (χ1n) is 8.60. The molecule has 28 heavy (non-hydrogen) atoms. The second-order valence-corrected chi connectivity index (χ2v) is 6.77. The van der Waals surface area contributed by atoms with Crippen molar-refractivity contribution in [2.75, 3.05) is 7.11 Å². The number of methoxy groups -OCH3 is 1. The number of hydrogen-bond donors (Lipinski definition) is 3. The molecule has 0 radical (unpaired) electrons. The number of benzene rings is 1. The molecular weight excluding hydrogens is 379 g/mol. The van der Waals surface area contributed by atoms with Crippen molar-refractivity contribution < 1.29 is 37.3 Å². The number of hydrogen-bond acceptors (Lipinski definition) is 5. The van der Waals surface area contributed by atoms with Gasteiger partial charge in [-0.15, -0.1) is 0 Å². The van der Waals surface area contributed by atoms with Crippen molar-refractivity contribution in [2.24, 2.45) is 0 Å². The second kappa shape index (κ2) is 7.48. The number of alkyl halides is 3. The van der Waals surface area contributed by atoms with Gasteiger partial charge in [-0.3, -0.25) is 4.79 Å². The highest BCUT2D eigenvalue weighted by atomic mass is 19.4. The SMILES string of the molecule is COc1ccc([C@H]2C[C@@H](O)[C@@H](O)[C@@H]2NC(=O)c2cc(C)oc2C(F)(F)F)cc1. The molecule has 1 aliphatic carbocycles. The summed E-state index contributed by atoms with van der Waals surface area (Å²) in [4.78, 5) is 12.5. The lowest BCUT2D eigenvalue weighted by Crippen LogP contribution is -2.45. The minimum Gasteiger partial charge on any atom is -0.497 e. The molecule has 0 aliphatic heterocycles. The number of rotatable bonds is 4. The van der Waals surface area contributed by atoms with E-state index < -0.39 is 47.6 Å². The molecule has 1 aromatic heterocycles. The lowest BCUT2D eigenvalue weighted by molar-refractivity contribution is -0.153. The topological polar surface area (TPSA) is 91.9 Å². The highest BCUT2D eigenvalue weighted by molar-refractivity contribution is 5.95. The van der Waals surface area contributed by atoms with E-state index in [-0.39, 0.29) is 12.2 Å². The fourth-order valence-electron chi connectivity index (χ4n) is 3.53. The summed E-state index contributed by atoms with van der Waals surface area (Å²) < 4.78 is 49.1. The Hall–Kier alpha value is -2.52. The molecule has 3 rings (SSSR count). The van der Waals surface area contributed by atoms with Crippen molar-refractivity contribution in [3.8, 4) is 5.75 Å². The van der Waals surface area contributed by atoms with Crippen molar-refractivity contribution in [1.29, 1.82) is 0 Å². The Kier molecular flexibility index (Phi) is 5.40. The van der Waals surface area contributed by atoms with Crippen molar-refractivity contribution in [3.63, 3.8) is 0 Å². The van der Waals surface area contributed by atoms with Crippen LogP contribution in [-0.4, -0.2) is 41.5 Å². The number of nitrogens with one attached hydrogen (secondary N) is 1. The fourth-order valence-corrected chi connectivity index (χ4v) is 3.53. The van der Waals surface area contributed by atoms with Gasteiger partial charge in [0.25, 0.3) is 5.91 Å². The summed E-state index contributed by atoms with van der Waals surface area (Å²) in [6, 6.07) is 6.84. The van der Waals surface area contributed by atoms with E-state index in [2.05, 4.69) is 9.73 Å². The molecule has 1 saturated carbocycles. The summed E-state index contributed by atoms with van der Waals surface area (Å²) in [6.45, 7) is 1.31. The van der Waals surface area contributed by atoms with Gasteiger partial charge in [-0.25, -0.2) is 0 Å². The number of amides is 1. The third kappa shape index (κ3) is 3.85. The monoisotopic (exact) mass is 399 g/mol. The molecule has 0 saturated heterocycles. The Bertz CT molecular complexity index is 846. The van der Waals surface area contributed by atoms with Crippen molar-refractivity contribution in [1.82, 2.24) is 5.32 Å². The molecule has 4 atom stereocenters. The number of aliphatic hydroxyl groups is 2. The van der Waals surface area contributed by atoms with Gasteiger partial charge in [0, 0.05) is 5.92 Å². The number of carbonyl (C=O) groups excluding carboxylic acids is 1. The molecule has 6 nitrogen and oxygen atoms in total. The maximum Gasteiger partial charge on any atom is 0.450 e. The van der Waals surface area contributed by atoms with Crippen molar-refractivity contribution in [2.45, 2.75) is 43.7 Å². The van der Waals surface area contributed by atoms with E-state index >= 15 is 0 Å². The van der Waals surface area contributed by atoms with Crippen molar-refractivity contribution in [3.05, 3.63) is 53.0 Å². The van der Waals surface area contributed by atoms with E-state index in [1.54, 1.807) is 24.3 Å². The van der Waals surface area contributed by atoms with Crippen LogP contribution in [0.15, 0.2) is 34.7 Å². The normalized spacial score (nSPS) is 25.0. The predicted octanol–water partition coefficient (Wildman–Crippen LogP) is 2.62. The van der Waals surface area contributed by atoms with E-state index in [0.29, 0.717) is 11.3 Å². The molecular formula is C19H20F3NO5. The van der Waals surface area contributed by atoms with Crippen LogP contribution >= 0.6 is 0 Å². The zero-order valence-electron chi connectivity index (χ0n) is 15.2. The van der Waals surface area contributed by atoms with Crippen LogP contribution in [-0.2, 0) is 6.18 Å². The van der Waals surface area contributed by atoms with E-state index in [1.165, 1.54) is 14.0 Å². The second-order valence-electron chi connectivity index (χ2n) is 6.77. The average Bonchev–Trinajstić information content (AvgIpc) is 3.17. The standard InChI is InChI=1S/C19H20F3NO5/c1-9-7-13(17(28-9)19(20,21)22)18(26)23-15-12(8-14(24)16(15)25)10-3-5-11(27-2)6-4-10/h3-7,12,14-16,24-25H,8H2,1-2H3,(H,23,26)/t12-,14-,15-,16-/m1/s1. The van der Waals surface area contributed by atoms with Gasteiger partial charge >= 0.3 is 6.18 Å². The molecule has 1 fully saturated rings. The number of carbonyl (C=O) groups is 1. The summed E-state index contributed by atoms with van der Waals surface area (Å²) in [7, 11) is 1.51. The van der Waals surface area contributed by atoms with E-state index in [0.717, 1.165) is 6.07 Å². The number of halogens is 3. The lowest BCUT2D eigenvalue weighted by Gasteiger charge is -2.24. The molecule has 0 bridgehead atoms. The van der Waals surface area contributed by atoms with Gasteiger partial charge in [-0.05, 0) is 37.1 Å². The van der Waals surface area contributed by atoms with E-state index in [9.17, 15) is 28.2 Å². The van der Waals surface area contributed by atoms with Gasteiger partial charge in [0.1, 0.15) is 17.6 Å². The summed E-state index contributed by atoms with van der Waals surface area (Å²) in [5.41, 5.74) is 0.0492. The molecule has 1 aromatic carbocycles. The summed E-state index contributed by atoms with van der Waals surface area (Å²) in [5, 5.41) is 22.8. The van der Waals surface area contributed by atoms with Gasteiger partial charge in [0.15, 0.2) is 0 Å². The molecule has 1 aliphatic rings. The first kappa shape index (κ1) is 20.2. The number of ether oxygens (including phenoxy) is 1. The maximum atomic E-state index is 13.1. The number of aliphatic hydroxyl groups excluding tert-OH is 2. The zero-order chi connectivity index (χ0) is 20.6. The van der Waals surface area contributed by atoms with Crippen LogP contribution < -0.4 is 10.1 Å². The number of furan rings is 1. The summed E-state index contributed by atoms with van der Waals surface area (Å²) in [6.07, 6.45) is -7.12. The average molecular weight is 399 g/mol. The fraction of sp³-hybridized carbons (Fsp3) is 0.421. The first-order valence-corrected chi connectivity index (χ1v) is 8.60. The summed E-state index contributed by atoms with van der Waals surface area (Å²) >= 11 is 0. The van der Waals surface area contributed by atoms with E-state index in [4.69, 9.17) is 4.74 Å². The largest absolute Gasteiger partial charge is 0.497 e. The minimum absolute atomic E-state index is 0.0591. The number of aryl methyl sites for hydroxylation is 1. The Labute approximate surface area is 158 Å². The van der Waals surface area contributed by atoms with Gasteiger partial charge < -0.3 is 24.7 Å². The third-order valence-electron chi connectivity index (χ3n) is 4.89. The molecule has 0 spiro atoms. The van der Waals surface area contributed by atoms with Crippen molar-refractivity contribution >= 4 is 5.91 Å². The Morgan fingerprint density at radius 1 is 1.25 bits per heavy atom. The van der Waals surface area contributed by atoms with Crippen LogP contribution in [0.1, 0.15) is 39.8 Å². The smallest absolute Gasteiger partial charge is 0.450 e. The van der Waals surface area contributed by atoms with Crippen LogP contribution in [0.25, 0.3) is 0 Å². The molecule has 152 valence electrons. The van der Waals surface area contributed by atoms with Gasteiger partial charge in [0.05, 0.1) is 24.8 Å². The molecule has 2 aromatic rings. The van der Waals surface area contributed by atoms with Crippen LogP contribution in [0.3, 0.4) is 0 Å². The van der Waals surface area contributed by atoms with Gasteiger partial charge in [-0.1, -0.05) is 12.1 Å². The quantitative estimate of drug-likeness (QED) is 0.735. The molecule has 3 N–H and O–H groups in total. The predicted molar refractivity (Wildman–Crippen MR) is 92.1 cm³/mol. The Morgan fingerprint density at radius 3 is 2.46 bits per heavy atom. The van der Waals surface area contributed by atoms with E-state index in [1.807, 2.05) is 0 Å². The molecule has 0 unspecified atom stereocenters. The van der Waals surface area contributed by atoms with Crippen LogP contribution in [0.5, 0.6) is 5.75 Å². The first-order chi connectivity index (χ1) is 13.1. The Balaban J connectivity index is 1.87. The van der Waals surface area contributed by atoms with Gasteiger partial charge in [-0.2, -0.15) is 13.2 Å². The maximum absolute atomic E-state index is 13.1. The van der Waals surface area contributed by atoms with Gasteiger partial charge in [0.2, 0.25) is 5.76 Å². The third-order valence-corrected chi connectivity index (χ3v) is 4.89. The minimum atomic E-state index is -4.83. The molecule has 9 heteroatoms. The highest BCUT2D eigenvalue weighted by Gasteiger charge is 2.45. The van der Waals surface area contributed by atoms with Crippen LogP contribution in [0, 0.1) is 6.92 Å². The van der Waals surface area contributed by atoms with Crippen LogP contribution in [0.2, 0.25) is 0 Å². The zero-order valence-corrected chi connectivity index (χ0v) is 15.2. The Morgan fingerprint density at radius 2 is 1.89 bits per heavy atom. The highest BCUT2D eigenvalue weighted by Crippen LogP contribution is 2.37.